The zero-order valence-corrected chi connectivity index (χ0v) is 14.4. The molecular formula is C12H21F3NO7P. The maximum absolute atomic E-state index is 12.2. The van der Waals surface area contributed by atoms with E-state index in [1.165, 1.54) is 7.11 Å². The van der Waals surface area contributed by atoms with Gasteiger partial charge in [-0.3, -0.25) is 0 Å². The van der Waals surface area contributed by atoms with Crippen LogP contribution in [-0.2, 0) is 27.9 Å². The van der Waals surface area contributed by atoms with Gasteiger partial charge in [-0.15, -0.1) is 0 Å². The number of esters is 1. The normalized spacial score (nSPS) is 24.0. The molecule has 1 aliphatic heterocycles. The molecule has 0 aliphatic carbocycles. The van der Waals surface area contributed by atoms with Crippen LogP contribution in [0.15, 0.2) is 0 Å². The molecule has 0 radical (unpaired) electrons. The molecule has 1 heterocycles. The molecule has 142 valence electrons. The summed E-state index contributed by atoms with van der Waals surface area (Å²) in [7, 11) is -3.41. The monoisotopic (exact) mass is 379 g/mol. The van der Waals surface area contributed by atoms with E-state index in [0.29, 0.717) is 0 Å². The first-order valence-corrected chi connectivity index (χ1v) is 8.65. The van der Waals surface area contributed by atoms with Crippen molar-refractivity contribution in [2.24, 2.45) is 5.41 Å². The van der Waals surface area contributed by atoms with E-state index in [9.17, 15) is 27.7 Å². The van der Waals surface area contributed by atoms with E-state index in [2.05, 4.69) is 14.6 Å². The number of hydrogen-bond donors (Lipinski definition) is 2. The van der Waals surface area contributed by atoms with Gasteiger partial charge in [0.15, 0.2) is 0 Å². The van der Waals surface area contributed by atoms with Gasteiger partial charge in [0, 0.05) is 0 Å². The summed E-state index contributed by atoms with van der Waals surface area (Å²) in [6.07, 6.45) is -6.06. The molecule has 1 amide bonds. The third-order valence-corrected chi connectivity index (χ3v) is 4.67. The number of rotatable bonds is 6. The molecular weight excluding hydrogens is 358 g/mol. The first-order valence-electron chi connectivity index (χ1n) is 6.98. The predicted molar refractivity (Wildman–Crippen MR) is 76.8 cm³/mol. The van der Waals surface area contributed by atoms with E-state index >= 15 is 0 Å². The molecule has 1 saturated heterocycles. The van der Waals surface area contributed by atoms with Crippen molar-refractivity contribution in [1.29, 1.82) is 0 Å². The molecule has 8 nitrogen and oxygen atoms in total. The van der Waals surface area contributed by atoms with Gasteiger partial charge in [-0.1, -0.05) is 0 Å². The van der Waals surface area contributed by atoms with E-state index in [4.69, 9.17) is 9.05 Å². The molecule has 0 unspecified atom stereocenters. The minimum absolute atomic E-state index is 0.0499. The van der Waals surface area contributed by atoms with Crippen molar-refractivity contribution in [2.45, 2.75) is 32.5 Å². The number of methoxy groups -OCH3 is 1. The van der Waals surface area contributed by atoms with Crippen molar-refractivity contribution in [3.63, 3.8) is 0 Å². The zero-order chi connectivity index (χ0) is 18.6. The van der Waals surface area contributed by atoms with Crippen LogP contribution in [0.4, 0.5) is 13.2 Å². The Morgan fingerprint density at radius 2 is 2.04 bits per heavy atom. The number of halogens is 3. The molecule has 1 atom stereocenters. The summed E-state index contributed by atoms with van der Waals surface area (Å²) < 4.78 is 55.4. The van der Waals surface area contributed by atoms with E-state index in [1.807, 2.05) is 0 Å². The van der Waals surface area contributed by atoms with E-state index in [-0.39, 0.29) is 19.6 Å². The van der Waals surface area contributed by atoms with Gasteiger partial charge < -0.3 is 0 Å². The molecule has 0 aromatic carbocycles. The molecule has 1 rings (SSSR count). The Hall–Kier alpha value is -1.00. The summed E-state index contributed by atoms with van der Waals surface area (Å²) in [5, 5.41) is 2.40. The number of carbonyl (C=O) groups is 2. The Labute approximate surface area is 137 Å². The van der Waals surface area contributed by atoms with Crippen molar-refractivity contribution in [3.05, 3.63) is 0 Å². The number of alkyl halides is 3. The SMILES string of the molecule is COC(=O)CCNC(=O)[C@@H]1O[PH](O)(OCC(F)(F)F)OCC1(C)C. The van der Waals surface area contributed by atoms with Crippen molar-refractivity contribution in [2.75, 3.05) is 26.9 Å². The van der Waals surface area contributed by atoms with Crippen LogP contribution in [0, 0.1) is 5.41 Å². The van der Waals surface area contributed by atoms with Crippen LogP contribution in [-0.4, -0.2) is 55.9 Å². The molecule has 24 heavy (non-hydrogen) atoms. The fourth-order valence-electron chi connectivity index (χ4n) is 1.84. The average molecular weight is 379 g/mol. The number of nitrogens with one attached hydrogen (secondary N) is 1. The van der Waals surface area contributed by atoms with Gasteiger partial charge in [0.25, 0.3) is 0 Å². The number of carbonyl (C=O) groups excluding carboxylic acids is 2. The Bertz CT molecular complexity index is 474. The first kappa shape index (κ1) is 21.0. The summed E-state index contributed by atoms with van der Waals surface area (Å²) in [4.78, 5) is 33.1. The maximum atomic E-state index is 12.2. The molecule has 1 fully saturated rings. The predicted octanol–water partition coefficient (Wildman–Crippen LogP) is 1.09. The average Bonchev–Trinajstić information content (AvgIpc) is 2.47. The molecule has 2 N–H and O–H groups in total. The van der Waals surface area contributed by atoms with Crippen LogP contribution >= 0.6 is 8.17 Å². The van der Waals surface area contributed by atoms with Gasteiger partial charge in [-0.25, -0.2) is 0 Å². The van der Waals surface area contributed by atoms with Gasteiger partial charge in [-0.05, 0) is 0 Å². The molecule has 1 aliphatic rings. The molecule has 0 aromatic rings. The van der Waals surface area contributed by atoms with Gasteiger partial charge in [0.1, 0.15) is 0 Å². The molecule has 0 saturated carbocycles. The Morgan fingerprint density at radius 1 is 1.42 bits per heavy atom. The second-order valence-electron chi connectivity index (χ2n) is 5.82. The summed E-state index contributed by atoms with van der Waals surface area (Å²) in [5.74, 6) is -1.24. The van der Waals surface area contributed by atoms with Crippen LogP contribution in [0.5, 0.6) is 0 Å². The van der Waals surface area contributed by atoms with Crippen LogP contribution in [0.25, 0.3) is 0 Å². The minimum atomic E-state index is -4.68. The molecule has 0 bridgehead atoms. The third kappa shape index (κ3) is 6.48. The second kappa shape index (κ2) is 7.92. The number of ether oxygens (including phenoxy) is 1. The van der Waals surface area contributed by atoms with Crippen LogP contribution < -0.4 is 5.32 Å². The van der Waals surface area contributed by atoms with E-state index < -0.39 is 44.3 Å². The molecule has 0 aromatic heterocycles. The third-order valence-electron chi connectivity index (χ3n) is 3.12. The summed E-state index contributed by atoms with van der Waals surface area (Å²) in [5.41, 5.74) is -0.920. The molecule has 12 heteroatoms. The van der Waals surface area contributed by atoms with Gasteiger partial charge in [0.05, 0.1) is 0 Å². The van der Waals surface area contributed by atoms with Crippen molar-refractivity contribution >= 4 is 20.0 Å². The van der Waals surface area contributed by atoms with Crippen LogP contribution in [0.3, 0.4) is 0 Å². The number of amides is 1. The quantitative estimate of drug-likeness (QED) is 0.526. The number of hydrogen-bond acceptors (Lipinski definition) is 7. The van der Waals surface area contributed by atoms with Crippen molar-refractivity contribution in [3.8, 4) is 0 Å². The standard InChI is InChI=1S/C12H21F3NO7P/c1-11(2)6-21-24(19,22-7-12(13,14)15)23-9(11)10(18)16-5-4-8(17)20-3/h9,19,24H,4-7H2,1-3H3,(H,16,18)/t9-/m0/s1. The fourth-order valence-corrected chi connectivity index (χ4v) is 3.68. The van der Waals surface area contributed by atoms with Crippen LogP contribution in [0.2, 0.25) is 0 Å². The summed E-state index contributed by atoms with van der Waals surface area (Å²) in [6, 6.07) is 0. The Balaban J connectivity index is 2.68. The first-order chi connectivity index (χ1) is 10.9. The summed E-state index contributed by atoms with van der Waals surface area (Å²) in [6.45, 7) is 1.12. The van der Waals surface area contributed by atoms with Gasteiger partial charge >= 0.3 is 136 Å². The Morgan fingerprint density at radius 3 is 2.58 bits per heavy atom. The zero-order valence-electron chi connectivity index (χ0n) is 13.4. The Kier molecular flexibility index (Phi) is 6.94. The summed E-state index contributed by atoms with van der Waals surface area (Å²) >= 11 is 0. The van der Waals surface area contributed by atoms with Crippen molar-refractivity contribution < 1.29 is 46.0 Å². The second-order valence-corrected chi connectivity index (χ2v) is 7.68. The topological polar surface area (TPSA) is 103 Å². The van der Waals surface area contributed by atoms with Gasteiger partial charge in [0.2, 0.25) is 0 Å². The van der Waals surface area contributed by atoms with E-state index in [1.54, 1.807) is 13.8 Å². The fraction of sp³-hybridized carbons (Fsp3) is 0.833. The van der Waals surface area contributed by atoms with Crippen LogP contribution in [0.1, 0.15) is 20.3 Å². The van der Waals surface area contributed by atoms with Crippen molar-refractivity contribution in [1.82, 2.24) is 5.32 Å². The van der Waals surface area contributed by atoms with E-state index in [0.717, 1.165) is 0 Å². The molecule has 0 spiro atoms. The van der Waals surface area contributed by atoms with Gasteiger partial charge in [-0.2, -0.15) is 0 Å².